The Kier molecular flexibility index (Phi) is 5.58. The van der Waals surface area contributed by atoms with Crippen LogP contribution in [0.5, 0.6) is 0 Å². The highest BCUT2D eigenvalue weighted by Crippen LogP contribution is 2.44. The fourth-order valence-electron chi connectivity index (χ4n) is 4.88. The molecule has 2 amide bonds. The predicted molar refractivity (Wildman–Crippen MR) is 103 cm³/mol. The third kappa shape index (κ3) is 3.88. The molecule has 4 rings (SSSR count). The van der Waals surface area contributed by atoms with Gasteiger partial charge in [-0.05, 0) is 32.6 Å². The van der Waals surface area contributed by atoms with Gasteiger partial charge >= 0.3 is 5.97 Å². The van der Waals surface area contributed by atoms with Crippen molar-refractivity contribution in [3.05, 3.63) is 11.9 Å². The highest BCUT2D eigenvalue weighted by Gasteiger charge is 2.55. The number of amides is 2. The molecule has 0 unspecified atom stereocenters. The molecule has 9 heteroatoms. The Hall–Kier alpha value is -2.42. The van der Waals surface area contributed by atoms with Crippen LogP contribution in [0.4, 0.5) is 5.69 Å². The van der Waals surface area contributed by atoms with E-state index in [2.05, 4.69) is 15.7 Å². The molecule has 3 aliphatic rings. The number of carboxylic acids is 1. The number of anilines is 1. The van der Waals surface area contributed by atoms with Gasteiger partial charge in [-0.1, -0.05) is 19.3 Å². The molecule has 2 saturated heterocycles. The van der Waals surface area contributed by atoms with E-state index in [1.54, 1.807) is 10.9 Å². The van der Waals surface area contributed by atoms with Gasteiger partial charge in [0.2, 0.25) is 5.91 Å². The molecule has 158 valence electrons. The molecule has 3 heterocycles. The number of hydrogen-bond acceptors (Lipinski definition) is 5. The van der Waals surface area contributed by atoms with Crippen molar-refractivity contribution < 1.29 is 24.2 Å². The van der Waals surface area contributed by atoms with Crippen LogP contribution >= 0.6 is 0 Å². The highest BCUT2D eigenvalue weighted by atomic mass is 16.5. The zero-order valence-corrected chi connectivity index (χ0v) is 16.6. The Morgan fingerprint density at radius 3 is 2.48 bits per heavy atom. The van der Waals surface area contributed by atoms with E-state index in [9.17, 15) is 19.5 Å². The van der Waals surface area contributed by atoms with E-state index >= 15 is 0 Å². The molecule has 1 aliphatic carbocycles. The number of rotatable bonds is 6. The Morgan fingerprint density at radius 1 is 1.14 bits per heavy atom. The lowest BCUT2D eigenvalue weighted by molar-refractivity contribution is -0.147. The molecule has 2 bridgehead atoms. The first-order valence-electron chi connectivity index (χ1n) is 10.6. The number of carbonyl (C=O) groups is 3. The van der Waals surface area contributed by atoms with E-state index in [0.29, 0.717) is 25.1 Å². The third-order valence-corrected chi connectivity index (χ3v) is 6.36. The minimum absolute atomic E-state index is 0.127. The topological polar surface area (TPSA) is 123 Å². The molecule has 1 aromatic rings. The zero-order chi connectivity index (χ0) is 20.5. The van der Waals surface area contributed by atoms with Crippen LogP contribution in [-0.4, -0.2) is 50.9 Å². The number of nitrogens with one attached hydrogen (secondary N) is 2. The van der Waals surface area contributed by atoms with Crippen LogP contribution in [0, 0.1) is 11.8 Å². The second kappa shape index (κ2) is 8.14. The molecule has 0 spiro atoms. The maximum absolute atomic E-state index is 13.0. The molecule has 4 atom stereocenters. The summed E-state index contributed by atoms with van der Waals surface area (Å²) in [5.41, 5.74) is 0.485. The van der Waals surface area contributed by atoms with Gasteiger partial charge in [-0.15, -0.1) is 0 Å². The molecule has 2 aliphatic heterocycles. The van der Waals surface area contributed by atoms with Crippen LogP contribution < -0.4 is 10.6 Å². The van der Waals surface area contributed by atoms with E-state index < -0.39 is 29.8 Å². The molecule has 1 aromatic heterocycles. The van der Waals surface area contributed by atoms with E-state index in [1.807, 2.05) is 6.92 Å². The third-order valence-electron chi connectivity index (χ3n) is 6.36. The van der Waals surface area contributed by atoms with Gasteiger partial charge in [0.15, 0.2) is 5.69 Å². The van der Waals surface area contributed by atoms with Crippen LogP contribution in [0.3, 0.4) is 0 Å². The maximum Gasteiger partial charge on any atom is 0.310 e. The number of aliphatic carboxylic acids is 1. The second-order valence-corrected chi connectivity index (χ2v) is 8.22. The molecule has 0 radical (unpaired) electrons. The summed E-state index contributed by atoms with van der Waals surface area (Å²) in [6.07, 6.45) is 7.44. The summed E-state index contributed by atoms with van der Waals surface area (Å²) >= 11 is 0. The van der Waals surface area contributed by atoms with Gasteiger partial charge in [0.25, 0.3) is 5.91 Å². The number of nitrogens with zero attached hydrogens (tertiary/aromatic N) is 2. The number of hydrogen-bond donors (Lipinski definition) is 3. The normalized spacial score (nSPS) is 29.0. The zero-order valence-electron chi connectivity index (χ0n) is 16.6. The van der Waals surface area contributed by atoms with Gasteiger partial charge in [0.05, 0.1) is 29.7 Å². The summed E-state index contributed by atoms with van der Waals surface area (Å²) < 4.78 is 7.28. The summed E-state index contributed by atoms with van der Waals surface area (Å²) in [5, 5.41) is 19.7. The van der Waals surface area contributed by atoms with Crippen molar-refractivity contribution >= 4 is 23.5 Å². The largest absolute Gasteiger partial charge is 0.481 e. The van der Waals surface area contributed by atoms with Gasteiger partial charge in [0.1, 0.15) is 0 Å². The number of aryl methyl sites for hydroxylation is 1. The van der Waals surface area contributed by atoms with Crippen LogP contribution in [-0.2, 0) is 20.9 Å². The summed E-state index contributed by atoms with van der Waals surface area (Å²) in [4.78, 5) is 37.4. The monoisotopic (exact) mass is 404 g/mol. The number of aromatic nitrogens is 2. The first-order valence-corrected chi connectivity index (χ1v) is 10.6. The lowest BCUT2D eigenvalue weighted by Crippen LogP contribution is -2.41. The molecule has 3 N–H and O–H groups in total. The SMILES string of the molecule is CCn1cc(NC(=O)[C@H]2[C@H](C(=O)O)[C@H]3CC[C@H]2O3)c(C(=O)NC2CCCCC2)n1. The van der Waals surface area contributed by atoms with Crippen molar-refractivity contribution in [3.63, 3.8) is 0 Å². The predicted octanol–water partition coefficient (Wildman–Crippen LogP) is 1.78. The van der Waals surface area contributed by atoms with Crippen LogP contribution in [0.2, 0.25) is 0 Å². The quantitative estimate of drug-likeness (QED) is 0.664. The molecule has 29 heavy (non-hydrogen) atoms. The van der Waals surface area contributed by atoms with Crippen molar-refractivity contribution in [3.8, 4) is 0 Å². The Bertz CT molecular complexity index is 801. The number of carbonyl (C=O) groups excluding carboxylic acids is 2. The van der Waals surface area contributed by atoms with Crippen LogP contribution in [0.15, 0.2) is 6.20 Å². The maximum atomic E-state index is 13.0. The summed E-state index contributed by atoms with van der Waals surface area (Å²) in [7, 11) is 0. The Balaban J connectivity index is 1.50. The fraction of sp³-hybridized carbons (Fsp3) is 0.700. The summed E-state index contributed by atoms with van der Waals surface area (Å²) in [6.45, 7) is 2.44. The van der Waals surface area contributed by atoms with Crippen LogP contribution in [0.1, 0.15) is 62.4 Å². The first kappa shape index (κ1) is 19.9. The highest BCUT2D eigenvalue weighted by molar-refractivity contribution is 6.03. The van der Waals surface area contributed by atoms with E-state index in [4.69, 9.17) is 4.74 Å². The van der Waals surface area contributed by atoms with Gasteiger partial charge in [-0.25, -0.2) is 0 Å². The van der Waals surface area contributed by atoms with Gasteiger partial charge in [-0.2, -0.15) is 5.10 Å². The van der Waals surface area contributed by atoms with E-state index in [0.717, 1.165) is 25.7 Å². The molecule has 1 saturated carbocycles. The summed E-state index contributed by atoms with van der Waals surface area (Å²) in [6, 6.07) is 0.127. The molecule has 3 fully saturated rings. The second-order valence-electron chi connectivity index (χ2n) is 8.22. The van der Waals surface area contributed by atoms with Gasteiger partial charge < -0.3 is 20.5 Å². The number of ether oxygens (including phenoxy) is 1. The minimum Gasteiger partial charge on any atom is -0.481 e. The molecule has 0 aromatic carbocycles. The molecule has 9 nitrogen and oxygen atoms in total. The average Bonchev–Trinajstić information content (AvgIpc) is 3.42. The minimum atomic E-state index is -1.02. The van der Waals surface area contributed by atoms with E-state index in [1.165, 1.54) is 6.42 Å². The molecular weight excluding hydrogens is 376 g/mol. The van der Waals surface area contributed by atoms with Crippen LogP contribution in [0.25, 0.3) is 0 Å². The first-order chi connectivity index (χ1) is 14.0. The van der Waals surface area contributed by atoms with Crippen molar-refractivity contribution in [2.24, 2.45) is 11.8 Å². The standard InChI is InChI=1S/C20H28N4O5/c1-2-24-10-12(17(23-24)19(26)21-11-6-4-3-5-7-11)22-18(25)15-13-8-9-14(29-13)16(15)20(27)28/h10-11,13-16H,2-9H2,1H3,(H,21,26)(H,22,25)(H,27,28)/t13-,14-,15-,16-/m1/s1. The number of carboxylic acid groups (broad SMARTS) is 1. The average molecular weight is 404 g/mol. The lowest BCUT2D eigenvalue weighted by Gasteiger charge is -2.24. The van der Waals surface area contributed by atoms with Gasteiger partial charge in [-0.3, -0.25) is 19.1 Å². The molecular formula is C20H28N4O5. The van der Waals surface area contributed by atoms with Crippen molar-refractivity contribution in [1.82, 2.24) is 15.1 Å². The fourth-order valence-corrected chi connectivity index (χ4v) is 4.88. The Labute approximate surface area is 169 Å². The number of fused-ring (bicyclic) bond motifs is 2. The smallest absolute Gasteiger partial charge is 0.310 e. The van der Waals surface area contributed by atoms with E-state index in [-0.39, 0.29) is 23.7 Å². The summed E-state index contributed by atoms with van der Waals surface area (Å²) in [5.74, 6) is -3.36. The Morgan fingerprint density at radius 2 is 1.83 bits per heavy atom. The lowest BCUT2D eigenvalue weighted by atomic mass is 9.78. The van der Waals surface area contributed by atoms with Crippen molar-refractivity contribution in [2.75, 3.05) is 5.32 Å². The van der Waals surface area contributed by atoms with Gasteiger partial charge in [0, 0.05) is 18.8 Å². The van der Waals surface area contributed by atoms with Crippen molar-refractivity contribution in [2.45, 2.75) is 76.7 Å². The van der Waals surface area contributed by atoms with Crippen molar-refractivity contribution in [1.29, 1.82) is 0 Å².